The fourth-order valence-corrected chi connectivity index (χ4v) is 3.80. The Balaban J connectivity index is 2.93. The van der Waals surface area contributed by atoms with E-state index in [1.807, 2.05) is 6.07 Å². The second-order valence-electron chi connectivity index (χ2n) is 3.91. The zero-order valence-electron chi connectivity index (χ0n) is 8.38. The van der Waals surface area contributed by atoms with E-state index in [0.717, 1.165) is 3.78 Å². The first kappa shape index (κ1) is 10.6. The van der Waals surface area contributed by atoms with Gasteiger partial charge in [-0.3, -0.25) is 0 Å². The Morgan fingerprint density at radius 1 is 1.38 bits per heavy atom. The fourth-order valence-electron chi connectivity index (χ4n) is 0.951. The molecule has 1 aromatic rings. The summed E-state index contributed by atoms with van der Waals surface area (Å²) in [6.45, 7) is 0. The summed E-state index contributed by atoms with van der Waals surface area (Å²) in [7, 11) is 1.35. The van der Waals surface area contributed by atoms with Crippen molar-refractivity contribution < 1.29 is 13.9 Å². The molecule has 1 aromatic heterocycles. The predicted octanol–water partition coefficient (Wildman–Crippen LogP) is 1.61. The number of hydrogen-bond donors (Lipinski definition) is 0. The third-order valence-corrected chi connectivity index (χ3v) is 6.72. The van der Waals surface area contributed by atoms with Crippen LogP contribution in [-0.2, 0) is 4.74 Å². The molecule has 0 saturated carbocycles. The van der Waals surface area contributed by atoms with E-state index < -0.39 is 24.3 Å². The topological polar surface area (TPSA) is 39.4 Å². The van der Waals surface area contributed by atoms with E-state index in [2.05, 4.69) is 19.6 Å². The standard InChI is InChI=1S/C6H5O3.3CH3.Sn/c1-8-6(7)5-3-2-4-9-5;;;;/h2-3H,1H3;3*1H3;. The molecule has 0 amide bonds. The van der Waals surface area contributed by atoms with Crippen molar-refractivity contribution in [1.82, 2.24) is 0 Å². The molecule has 0 saturated heterocycles. The van der Waals surface area contributed by atoms with Crippen molar-refractivity contribution in [3.63, 3.8) is 0 Å². The van der Waals surface area contributed by atoms with Crippen LogP contribution in [0.2, 0.25) is 14.8 Å². The zero-order chi connectivity index (χ0) is 10.1. The van der Waals surface area contributed by atoms with Crippen LogP contribution < -0.4 is 3.78 Å². The van der Waals surface area contributed by atoms with Gasteiger partial charge in [0.25, 0.3) is 0 Å². The number of rotatable bonds is 2. The summed E-state index contributed by atoms with van der Waals surface area (Å²) in [6, 6.07) is 3.58. The molecule has 0 aliphatic rings. The van der Waals surface area contributed by atoms with Gasteiger partial charge in [-0.1, -0.05) is 0 Å². The molecular weight excluding hydrogens is 275 g/mol. The normalized spacial score (nSPS) is 11.4. The second kappa shape index (κ2) is 3.74. The van der Waals surface area contributed by atoms with Crippen LogP contribution in [0.1, 0.15) is 10.6 Å². The average molecular weight is 289 g/mol. The first-order valence-corrected chi connectivity index (χ1v) is 14.1. The minimum absolute atomic E-state index is 0.309. The molecule has 0 radical (unpaired) electrons. The average Bonchev–Trinajstić information content (AvgIpc) is 2.50. The Labute approximate surface area is 81.9 Å². The van der Waals surface area contributed by atoms with Gasteiger partial charge in [0.2, 0.25) is 0 Å². The minimum atomic E-state index is -2.15. The summed E-state index contributed by atoms with van der Waals surface area (Å²) in [6.07, 6.45) is 0. The van der Waals surface area contributed by atoms with Crippen LogP contribution in [0.4, 0.5) is 0 Å². The number of methoxy groups -OCH3 is 1. The summed E-state index contributed by atoms with van der Waals surface area (Å²) >= 11 is -2.15. The fraction of sp³-hybridized carbons (Fsp3) is 0.444. The molecule has 72 valence electrons. The van der Waals surface area contributed by atoms with Crippen molar-refractivity contribution in [2.24, 2.45) is 0 Å². The van der Waals surface area contributed by atoms with Crippen molar-refractivity contribution in [1.29, 1.82) is 0 Å². The third kappa shape index (κ3) is 2.49. The number of furan rings is 1. The molecule has 0 spiro atoms. The van der Waals surface area contributed by atoms with Crippen molar-refractivity contribution in [3.8, 4) is 0 Å². The van der Waals surface area contributed by atoms with E-state index in [1.54, 1.807) is 6.07 Å². The van der Waals surface area contributed by atoms with Crippen LogP contribution in [0, 0.1) is 0 Å². The molecular formula is C9H14O3Sn. The van der Waals surface area contributed by atoms with Crippen LogP contribution in [0.15, 0.2) is 16.5 Å². The van der Waals surface area contributed by atoms with Gasteiger partial charge < -0.3 is 0 Å². The molecule has 0 aromatic carbocycles. The van der Waals surface area contributed by atoms with Crippen LogP contribution >= 0.6 is 0 Å². The van der Waals surface area contributed by atoms with Crippen LogP contribution in [0.3, 0.4) is 0 Å². The molecule has 13 heavy (non-hydrogen) atoms. The molecule has 0 N–H and O–H groups in total. The number of carbonyl (C=O) groups excluding carboxylic acids is 1. The van der Waals surface area contributed by atoms with Gasteiger partial charge in [0.1, 0.15) is 0 Å². The molecule has 0 aliphatic heterocycles. The molecule has 0 unspecified atom stereocenters. The van der Waals surface area contributed by atoms with E-state index in [9.17, 15) is 4.79 Å². The number of hydrogen-bond acceptors (Lipinski definition) is 3. The number of carbonyl (C=O) groups is 1. The van der Waals surface area contributed by atoms with Gasteiger partial charge in [-0.15, -0.1) is 0 Å². The zero-order valence-corrected chi connectivity index (χ0v) is 11.2. The van der Waals surface area contributed by atoms with Crippen LogP contribution in [0.25, 0.3) is 0 Å². The first-order valence-electron chi connectivity index (χ1n) is 4.14. The van der Waals surface area contributed by atoms with Gasteiger partial charge in [0, 0.05) is 0 Å². The van der Waals surface area contributed by atoms with Crippen molar-refractivity contribution in [2.75, 3.05) is 7.11 Å². The van der Waals surface area contributed by atoms with Gasteiger partial charge >= 0.3 is 81.9 Å². The van der Waals surface area contributed by atoms with E-state index in [-0.39, 0.29) is 0 Å². The number of esters is 1. The molecule has 1 rings (SSSR count). The quantitative estimate of drug-likeness (QED) is 0.613. The predicted molar refractivity (Wildman–Crippen MR) is 53.0 cm³/mol. The monoisotopic (exact) mass is 290 g/mol. The SMILES string of the molecule is COC(=O)c1cc[c]([Sn]([CH3])([CH3])[CH3])o1. The van der Waals surface area contributed by atoms with Gasteiger partial charge in [-0.25, -0.2) is 0 Å². The second-order valence-corrected chi connectivity index (χ2v) is 18.2. The Morgan fingerprint density at radius 3 is 2.38 bits per heavy atom. The van der Waals surface area contributed by atoms with Gasteiger partial charge in [0.05, 0.1) is 0 Å². The molecule has 4 heteroatoms. The Kier molecular flexibility index (Phi) is 3.05. The first-order chi connectivity index (χ1) is 5.95. The molecule has 0 bridgehead atoms. The van der Waals surface area contributed by atoms with Crippen molar-refractivity contribution in [3.05, 3.63) is 17.9 Å². The van der Waals surface area contributed by atoms with Crippen molar-refractivity contribution in [2.45, 2.75) is 14.8 Å². The Bertz CT molecular complexity index is 309. The maximum absolute atomic E-state index is 11.1. The van der Waals surface area contributed by atoms with Gasteiger partial charge in [-0.05, 0) is 0 Å². The molecule has 0 fully saturated rings. The Hall–Kier alpha value is -0.451. The number of ether oxygens (including phenoxy) is 1. The van der Waals surface area contributed by atoms with E-state index >= 15 is 0 Å². The van der Waals surface area contributed by atoms with E-state index in [1.165, 1.54) is 7.11 Å². The maximum atomic E-state index is 11.1. The van der Waals surface area contributed by atoms with E-state index in [0.29, 0.717) is 5.76 Å². The molecule has 3 nitrogen and oxygen atoms in total. The molecule has 0 atom stereocenters. The van der Waals surface area contributed by atoms with Gasteiger partial charge in [0.15, 0.2) is 0 Å². The summed E-state index contributed by atoms with van der Waals surface area (Å²) in [5.74, 6) is -0.0917. The summed E-state index contributed by atoms with van der Waals surface area (Å²) in [4.78, 5) is 17.8. The van der Waals surface area contributed by atoms with Crippen LogP contribution in [0.5, 0.6) is 0 Å². The van der Waals surface area contributed by atoms with Crippen molar-refractivity contribution >= 4 is 28.1 Å². The third-order valence-electron chi connectivity index (χ3n) is 1.73. The Morgan fingerprint density at radius 2 is 2.00 bits per heavy atom. The molecule has 1 heterocycles. The molecule has 0 aliphatic carbocycles. The van der Waals surface area contributed by atoms with Crippen LogP contribution in [-0.4, -0.2) is 31.5 Å². The summed E-state index contributed by atoms with van der Waals surface area (Å²) < 4.78 is 11.0. The van der Waals surface area contributed by atoms with Gasteiger partial charge in [-0.2, -0.15) is 0 Å². The summed E-state index contributed by atoms with van der Waals surface area (Å²) in [5.41, 5.74) is 0. The summed E-state index contributed by atoms with van der Waals surface area (Å²) in [5, 5.41) is 0. The van der Waals surface area contributed by atoms with E-state index in [4.69, 9.17) is 4.42 Å².